The van der Waals surface area contributed by atoms with Crippen molar-refractivity contribution in [3.8, 4) is 0 Å². The lowest BCUT2D eigenvalue weighted by Crippen LogP contribution is -2.24. The fourth-order valence-corrected chi connectivity index (χ4v) is 1.53. The Morgan fingerprint density at radius 2 is 2.35 bits per heavy atom. The molecule has 0 aliphatic carbocycles. The van der Waals surface area contributed by atoms with Crippen molar-refractivity contribution in [2.75, 3.05) is 19.0 Å². The van der Waals surface area contributed by atoms with E-state index in [1.54, 1.807) is 13.2 Å². The summed E-state index contributed by atoms with van der Waals surface area (Å²) in [5.74, 6) is -0.658. The number of carboxylic acid groups (broad SMARTS) is 1. The Morgan fingerprint density at radius 1 is 1.65 bits per heavy atom. The van der Waals surface area contributed by atoms with Crippen molar-refractivity contribution in [2.45, 2.75) is 19.4 Å². The number of aromatic nitrogens is 1. The molecule has 0 bridgehead atoms. The van der Waals surface area contributed by atoms with E-state index in [9.17, 15) is 4.79 Å². The lowest BCUT2D eigenvalue weighted by molar-refractivity contribution is 0.0691. The molecule has 0 saturated heterocycles. The number of hydrogen-bond donors (Lipinski definition) is 2. The average Bonchev–Trinajstić information content (AvgIpc) is 2.30. The number of rotatable bonds is 6. The van der Waals surface area contributed by atoms with Crippen LogP contribution in [0.3, 0.4) is 0 Å². The fourth-order valence-electron chi connectivity index (χ4n) is 1.34. The van der Waals surface area contributed by atoms with Gasteiger partial charge in [-0.2, -0.15) is 0 Å². The van der Waals surface area contributed by atoms with E-state index in [0.29, 0.717) is 12.4 Å². The minimum Gasteiger partial charge on any atom is -0.476 e. The van der Waals surface area contributed by atoms with Crippen molar-refractivity contribution in [3.63, 3.8) is 0 Å². The van der Waals surface area contributed by atoms with Crippen LogP contribution in [0.5, 0.6) is 0 Å². The Labute approximate surface area is 105 Å². The van der Waals surface area contributed by atoms with Crippen LogP contribution in [0, 0.1) is 0 Å². The first-order valence-corrected chi connectivity index (χ1v) is 5.61. The number of ether oxygens (including phenoxy) is 1. The predicted molar refractivity (Wildman–Crippen MR) is 65.8 cm³/mol. The number of methoxy groups -OCH3 is 1. The van der Waals surface area contributed by atoms with Crippen LogP contribution in [-0.4, -0.2) is 35.8 Å². The molecule has 2 N–H and O–H groups in total. The lowest BCUT2D eigenvalue weighted by atomic mass is 10.2. The fraction of sp³-hybridized carbons (Fsp3) is 0.455. The number of halogens is 1. The molecule has 0 aliphatic heterocycles. The second kappa shape index (κ2) is 6.42. The van der Waals surface area contributed by atoms with Crippen molar-refractivity contribution in [1.82, 2.24) is 4.98 Å². The topological polar surface area (TPSA) is 71.5 Å². The molecule has 0 aliphatic rings. The molecule has 6 heteroatoms. The molecule has 1 atom stereocenters. The van der Waals surface area contributed by atoms with E-state index in [1.807, 2.05) is 6.92 Å². The third-order valence-electron chi connectivity index (χ3n) is 2.26. The van der Waals surface area contributed by atoms with E-state index >= 15 is 0 Å². The summed E-state index contributed by atoms with van der Waals surface area (Å²) in [5.41, 5.74) is -0.149. The number of nitrogens with zero attached hydrogens (tertiary/aromatic N) is 1. The molecule has 1 rings (SSSR count). The van der Waals surface area contributed by atoms with Crippen LogP contribution in [-0.2, 0) is 4.74 Å². The molecule has 94 valence electrons. The number of anilines is 1. The van der Waals surface area contributed by atoms with Crippen LogP contribution in [0.4, 0.5) is 5.82 Å². The highest BCUT2D eigenvalue weighted by Crippen LogP contribution is 2.17. The zero-order valence-corrected chi connectivity index (χ0v) is 10.5. The molecule has 0 saturated carbocycles. The summed E-state index contributed by atoms with van der Waals surface area (Å²) in [5, 5.41) is 12.1. The van der Waals surface area contributed by atoms with Gasteiger partial charge in [0.15, 0.2) is 5.69 Å². The number of hydrogen-bond acceptors (Lipinski definition) is 4. The van der Waals surface area contributed by atoms with E-state index in [2.05, 4.69) is 10.3 Å². The van der Waals surface area contributed by atoms with E-state index < -0.39 is 5.97 Å². The van der Waals surface area contributed by atoms with Crippen molar-refractivity contribution >= 4 is 23.4 Å². The van der Waals surface area contributed by atoms with Gasteiger partial charge in [0.25, 0.3) is 0 Å². The average molecular weight is 259 g/mol. The second-order valence-corrected chi connectivity index (χ2v) is 3.94. The Bertz CT molecular complexity index is 398. The first kappa shape index (κ1) is 13.7. The van der Waals surface area contributed by atoms with Crippen molar-refractivity contribution < 1.29 is 14.6 Å². The van der Waals surface area contributed by atoms with E-state index in [-0.39, 0.29) is 16.8 Å². The summed E-state index contributed by atoms with van der Waals surface area (Å²) in [6, 6.07) is 3.25. The second-order valence-electron chi connectivity index (χ2n) is 3.54. The van der Waals surface area contributed by atoms with Crippen LogP contribution >= 0.6 is 11.6 Å². The molecule has 0 spiro atoms. The van der Waals surface area contributed by atoms with Gasteiger partial charge in [-0.3, -0.25) is 0 Å². The highest BCUT2D eigenvalue weighted by atomic mass is 35.5. The van der Waals surface area contributed by atoms with Gasteiger partial charge in [-0.25, -0.2) is 9.78 Å². The third kappa shape index (κ3) is 3.87. The predicted octanol–water partition coefficient (Wildman–Crippen LogP) is 2.27. The largest absolute Gasteiger partial charge is 0.476 e. The SMILES string of the molecule is CCC(COC)Nc1ccc(Cl)c(C(=O)O)n1. The van der Waals surface area contributed by atoms with Crippen molar-refractivity contribution in [3.05, 3.63) is 22.8 Å². The maximum atomic E-state index is 10.9. The first-order valence-electron chi connectivity index (χ1n) is 5.23. The Hall–Kier alpha value is -1.33. The van der Waals surface area contributed by atoms with Crippen LogP contribution in [0.25, 0.3) is 0 Å². The number of pyridine rings is 1. The quantitative estimate of drug-likeness (QED) is 0.819. The maximum absolute atomic E-state index is 10.9. The van der Waals surface area contributed by atoms with Gasteiger partial charge in [0.1, 0.15) is 5.82 Å². The monoisotopic (exact) mass is 258 g/mol. The van der Waals surface area contributed by atoms with Gasteiger partial charge in [-0.1, -0.05) is 18.5 Å². The summed E-state index contributed by atoms with van der Waals surface area (Å²) < 4.78 is 5.04. The summed E-state index contributed by atoms with van der Waals surface area (Å²) in [6.45, 7) is 2.54. The van der Waals surface area contributed by atoms with E-state index in [0.717, 1.165) is 6.42 Å². The Kier molecular flexibility index (Phi) is 5.18. The lowest BCUT2D eigenvalue weighted by Gasteiger charge is -2.16. The summed E-state index contributed by atoms with van der Waals surface area (Å²) in [6.07, 6.45) is 0.848. The van der Waals surface area contributed by atoms with Gasteiger partial charge in [-0.15, -0.1) is 0 Å². The molecule has 0 amide bonds. The molecule has 0 radical (unpaired) electrons. The third-order valence-corrected chi connectivity index (χ3v) is 2.57. The van der Waals surface area contributed by atoms with Crippen LogP contribution in [0.2, 0.25) is 5.02 Å². The van der Waals surface area contributed by atoms with Gasteiger partial charge >= 0.3 is 5.97 Å². The van der Waals surface area contributed by atoms with Crippen molar-refractivity contribution in [2.24, 2.45) is 0 Å². The van der Waals surface area contributed by atoms with Gasteiger partial charge in [-0.05, 0) is 18.6 Å². The number of carboxylic acids is 1. The summed E-state index contributed by atoms with van der Waals surface area (Å²) in [7, 11) is 1.61. The molecule has 0 aromatic carbocycles. The molecule has 1 aromatic rings. The van der Waals surface area contributed by atoms with Crippen LogP contribution < -0.4 is 5.32 Å². The molecule has 1 heterocycles. The van der Waals surface area contributed by atoms with Gasteiger partial charge in [0.2, 0.25) is 0 Å². The molecular weight excluding hydrogens is 244 g/mol. The van der Waals surface area contributed by atoms with E-state index in [1.165, 1.54) is 6.07 Å². The highest BCUT2D eigenvalue weighted by Gasteiger charge is 2.13. The number of aromatic carboxylic acids is 1. The minimum atomic E-state index is -1.14. The summed E-state index contributed by atoms with van der Waals surface area (Å²) in [4.78, 5) is 14.8. The van der Waals surface area contributed by atoms with Gasteiger partial charge in [0.05, 0.1) is 17.7 Å². The summed E-state index contributed by atoms with van der Waals surface area (Å²) >= 11 is 5.73. The minimum absolute atomic E-state index is 0.0929. The van der Waals surface area contributed by atoms with Crippen molar-refractivity contribution in [1.29, 1.82) is 0 Å². The van der Waals surface area contributed by atoms with Crippen LogP contribution in [0.15, 0.2) is 12.1 Å². The van der Waals surface area contributed by atoms with Crippen LogP contribution in [0.1, 0.15) is 23.8 Å². The smallest absolute Gasteiger partial charge is 0.356 e. The molecule has 1 aromatic heterocycles. The Morgan fingerprint density at radius 3 is 2.88 bits per heavy atom. The number of nitrogens with one attached hydrogen (secondary N) is 1. The zero-order chi connectivity index (χ0) is 12.8. The van der Waals surface area contributed by atoms with Gasteiger partial charge < -0.3 is 15.2 Å². The van der Waals surface area contributed by atoms with E-state index in [4.69, 9.17) is 21.4 Å². The zero-order valence-electron chi connectivity index (χ0n) is 9.74. The first-order chi connectivity index (χ1) is 8.08. The standard InChI is InChI=1S/C11H15ClN2O3/c1-3-7(6-17-2)13-9-5-4-8(12)10(14-9)11(15)16/h4-5,7H,3,6H2,1-2H3,(H,13,14)(H,15,16). The molecule has 17 heavy (non-hydrogen) atoms. The number of carbonyl (C=O) groups is 1. The molecular formula is C11H15ClN2O3. The molecule has 5 nitrogen and oxygen atoms in total. The normalized spacial score (nSPS) is 12.2. The Balaban J connectivity index is 2.84. The molecule has 0 fully saturated rings. The highest BCUT2D eigenvalue weighted by molar-refractivity contribution is 6.33. The molecule has 1 unspecified atom stereocenters. The maximum Gasteiger partial charge on any atom is 0.356 e. The van der Waals surface area contributed by atoms with Gasteiger partial charge in [0, 0.05) is 7.11 Å².